The highest BCUT2D eigenvalue weighted by Crippen LogP contribution is 2.29. The lowest BCUT2D eigenvalue weighted by Gasteiger charge is -2.10. The van der Waals surface area contributed by atoms with Crippen molar-refractivity contribution in [3.8, 4) is 0 Å². The first-order valence-electron chi connectivity index (χ1n) is 9.44. The van der Waals surface area contributed by atoms with Crippen LogP contribution in [0.25, 0.3) is 0 Å². The first-order chi connectivity index (χ1) is 15.3. The van der Waals surface area contributed by atoms with Crippen LogP contribution in [0.5, 0.6) is 0 Å². The van der Waals surface area contributed by atoms with Gasteiger partial charge in [-0.15, -0.1) is 0 Å². The van der Waals surface area contributed by atoms with Crippen LogP contribution in [0.3, 0.4) is 0 Å². The number of ether oxygens (including phenoxy) is 1. The van der Waals surface area contributed by atoms with E-state index in [1.54, 1.807) is 32.0 Å². The minimum atomic E-state index is -0.818. The summed E-state index contributed by atoms with van der Waals surface area (Å²) in [5.41, 5.74) is 1.37. The summed E-state index contributed by atoms with van der Waals surface area (Å²) in [7, 11) is 0. The van der Waals surface area contributed by atoms with Crippen molar-refractivity contribution in [2.24, 2.45) is 0 Å². The van der Waals surface area contributed by atoms with E-state index in [0.717, 1.165) is 4.90 Å². The standard InChI is InChI=1S/C22H16ClN3O6/c1-11-8-18(25-32-11)26-20(28)14-7-6-13(9-15(14)21(26)29)22(30)31-10-19(27)24-17-5-3-4-16(23)12(17)2/h3-9H,10H2,1-2H3,(H,24,27). The fourth-order valence-corrected chi connectivity index (χ4v) is 3.35. The third-order valence-corrected chi connectivity index (χ3v) is 5.25. The van der Waals surface area contributed by atoms with Crippen LogP contribution in [0.1, 0.15) is 42.4 Å². The average molecular weight is 454 g/mol. The van der Waals surface area contributed by atoms with Crippen molar-refractivity contribution in [1.82, 2.24) is 5.16 Å². The molecule has 0 saturated heterocycles. The van der Waals surface area contributed by atoms with Crippen molar-refractivity contribution >= 4 is 46.8 Å². The van der Waals surface area contributed by atoms with E-state index >= 15 is 0 Å². The predicted octanol–water partition coefficient (Wildman–Crippen LogP) is 3.54. The topological polar surface area (TPSA) is 119 Å². The van der Waals surface area contributed by atoms with E-state index < -0.39 is 30.3 Å². The highest BCUT2D eigenvalue weighted by molar-refractivity contribution is 6.34. The lowest BCUT2D eigenvalue weighted by Crippen LogP contribution is -2.29. The summed E-state index contributed by atoms with van der Waals surface area (Å²) in [6, 6.07) is 10.5. The number of anilines is 2. The number of carbonyl (C=O) groups is 4. The Bertz CT molecular complexity index is 1280. The molecule has 0 fully saturated rings. The second kappa shape index (κ2) is 8.27. The number of aryl methyl sites for hydroxylation is 1. The number of nitrogens with zero attached hydrogens (tertiary/aromatic N) is 2. The van der Waals surface area contributed by atoms with Crippen LogP contribution in [-0.4, -0.2) is 35.5 Å². The maximum absolute atomic E-state index is 12.7. The van der Waals surface area contributed by atoms with Gasteiger partial charge in [0.25, 0.3) is 17.7 Å². The van der Waals surface area contributed by atoms with Crippen LogP contribution in [0.4, 0.5) is 11.5 Å². The maximum atomic E-state index is 12.7. The number of hydrogen-bond acceptors (Lipinski definition) is 7. The Labute approximate surface area is 186 Å². The van der Waals surface area contributed by atoms with E-state index in [-0.39, 0.29) is 22.5 Å². The monoisotopic (exact) mass is 453 g/mol. The Morgan fingerprint density at radius 2 is 1.84 bits per heavy atom. The Hall–Kier alpha value is -3.98. The van der Waals surface area contributed by atoms with E-state index in [9.17, 15) is 19.2 Å². The average Bonchev–Trinajstić information content (AvgIpc) is 3.30. The molecule has 1 N–H and O–H groups in total. The molecule has 0 bridgehead atoms. The molecule has 4 rings (SSSR count). The molecular formula is C22H16ClN3O6. The van der Waals surface area contributed by atoms with Gasteiger partial charge in [-0.25, -0.2) is 9.69 Å². The van der Waals surface area contributed by atoms with Gasteiger partial charge >= 0.3 is 5.97 Å². The molecule has 162 valence electrons. The van der Waals surface area contributed by atoms with Gasteiger partial charge in [0.2, 0.25) is 0 Å². The fourth-order valence-electron chi connectivity index (χ4n) is 3.18. The molecule has 0 atom stereocenters. The zero-order valence-corrected chi connectivity index (χ0v) is 17.7. The first kappa shape index (κ1) is 21.3. The zero-order chi connectivity index (χ0) is 23.0. The molecule has 0 radical (unpaired) electrons. The number of halogens is 1. The normalized spacial score (nSPS) is 12.7. The van der Waals surface area contributed by atoms with Crippen LogP contribution in [0.2, 0.25) is 5.02 Å². The smallest absolute Gasteiger partial charge is 0.338 e. The molecule has 1 aliphatic heterocycles. The van der Waals surface area contributed by atoms with Gasteiger partial charge in [-0.05, 0) is 49.7 Å². The number of aromatic nitrogens is 1. The quantitative estimate of drug-likeness (QED) is 0.463. The second-order valence-electron chi connectivity index (χ2n) is 7.04. The van der Waals surface area contributed by atoms with Crippen LogP contribution >= 0.6 is 11.6 Å². The fraction of sp³-hybridized carbons (Fsp3) is 0.136. The third kappa shape index (κ3) is 3.85. The molecule has 10 heteroatoms. The molecule has 32 heavy (non-hydrogen) atoms. The van der Waals surface area contributed by atoms with Gasteiger partial charge in [-0.1, -0.05) is 22.8 Å². The Balaban J connectivity index is 1.44. The van der Waals surface area contributed by atoms with Crippen LogP contribution in [0.15, 0.2) is 47.0 Å². The molecule has 2 heterocycles. The van der Waals surface area contributed by atoms with Gasteiger partial charge in [0.05, 0.1) is 16.7 Å². The van der Waals surface area contributed by atoms with Crippen LogP contribution < -0.4 is 10.2 Å². The van der Waals surface area contributed by atoms with Crippen molar-refractivity contribution in [1.29, 1.82) is 0 Å². The molecule has 2 aromatic carbocycles. The van der Waals surface area contributed by atoms with Crippen molar-refractivity contribution in [3.63, 3.8) is 0 Å². The van der Waals surface area contributed by atoms with Gasteiger partial charge in [-0.2, -0.15) is 0 Å². The van der Waals surface area contributed by atoms with Crippen molar-refractivity contribution in [2.75, 3.05) is 16.8 Å². The lowest BCUT2D eigenvalue weighted by molar-refractivity contribution is -0.119. The van der Waals surface area contributed by atoms with Gasteiger partial charge in [0, 0.05) is 16.8 Å². The van der Waals surface area contributed by atoms with Crippen LogP contribution in [0, 0.1) is 13.8 Å². The molecule has 1 aromatic heterocycles. The molecule has 3 amide bonds. The molecule has 1 aliphatic rings. The summed E-state index contributed by atoms with van der Waals surface area (Å²) in [5.74, 6) is -2.08. The largest absolute Gasteiger partial charge is 0.452 e. The summed E-state index contributed by atoms with van der Waals surface area (Å²) < 4.78 is 9.98. The summed E-state index contributed by atoms with van der Waals surface area (Å²) in [4.78, 5) is 50.7. The second-order valence-corrected chi connectivity index (χ2v) is 7.45. The minimum Gasteiger partial charge on any atom is -0.452 e. The summed E-state index contributed by atoms with van der Waals surface area (Å²) in [5, 5.41) is 6.81. The van der Waals surface area contributed by atoms with Gasteiger partial charge in [0.1, 0.15) is 5.76 Å². The summed E-state index contributed by atoms with van der Waals surface area (Å²) in [6.07, 6.45) is 0. The summed E-state index contributed by atoms with van der Waals surface area (Å²) in [6.45, 7) is 2.84. The van der Waals surface area contributed by atoms with Crippen molar-refractivity contribution < 1.29 is 28.4 Å². The van der Waals surface area contributed by atoms with Gasteiger partial charge in [-0.3, -0.25) is 14.4 Å². The van der Waals surface area contributed by atoms with E-state index in [1.165, 1.54) is 24.3 Å². The zero-order valence-electron chi connectivity index (χ0n) is 17.0. The number of imide groups is 1. The van der Waals surface area contributed by atoms with Gasteiger partial charge < -0.3 is 14.6 Å². The molecule has 9 nitrogen and oxygen atoms in total. The third-order valence-electron chi connectivity index (χ3n) is 4.84. The first-order valence-corrected chi connectivity index (χ1v) is 9.82. The van der Waals surface area contributed by atoms with Crippen molar-refractivity contribution in [3.05, 3.63) is 75.5 Å². The molecule has 3 aromatic rings. The molecule has 0 spiro atoms. The molecule has 0 saturated carbocycles. The van der Waals surface area contributed by atoms with Crippen molar-refractivity contribution in [2.45, 2.75) is 13.8 Å². The highest BCUT2D eigenvalue weighted by atomic mass is 35.5. The van der Waals surface area contributed by atoms with E-state index in [2.05, 4.69) is 10.5 Å². The SMILES string of the molecule is Cc1cc(N2C(=O)c3ccc(C(=O)OCC(=O)Nc4cccc(Cl)c4C)cc3C2=O)no1. The number of carbonyl (C=O) groups excluding carboxylic acids is 4. The Morgan fingerprint density at radius 3 is 2.56 bits per heavy atom. The van der Waals surface area contributed by atoms with E-state index in [4.69, 9.17) is 20.9 Å². The molecule has 0 aliphatic carbocycles. The number of fused-ring (bicyclic) bond motifs is 1. The maximum Gasteiger partial charge on any atom is 0.338 e. The predicted molar refractivity (Wildman–Crippen MR) is 114 cm³/mol. The Morgan fingerprint density at radius 1 is 1.09 bits per heavy atom. The number of rotatable bonds is 5. The number of nitrogens with one attached hydrogen (secondary N) is 1. The molecule has 0 unspecified atom stereocenters. The number of hydrogen-bond donors (Lipinski definition) is 1. The van der Waals surface area contributed by atoms with Crippen LogP contribution in [-0.2, 0) is 9.53 Å². The lowest BCUT2D eigenvalue weighted by atomic mass is 10.1. The van der Waals surface area contributed by atoms with E-state index in [1.807, 2.05) is 0 Å². The van der Waals surface area contributed by atoms with Gasteiger partial charge in [0.15, 0.2) is 12.4 Å². The number of amides is 3. The molecular weight excluding hydrogens is 438 g/mol. The minimum absolute atomic E-state index is 0.0230. The highest BCUT2D eigenvalue weighted by Gasteiger charge is 2.38. The van der Waals surface area contributed by atoms with E-state index in [0.29, 0.717) is 22.0 Å². The number of esters is 1. The number of benzene rings is 2. The Kier molecular flexibility index (Phi) is 5.50. The summed E-state index contributed by atoms with van der Waals surface area (Å²) >= 11 is 6.02.